The molecule has 0 saturated carbocycles. The number of rotatable bonds is 6. The minimum Gasteiger partial charge on any atom is -0.438 e. The zero-order valence-electron chi connectivity index (χ0n) is 16.8. The van der Waals surface area contributed by atoms with Gasteiger partial charge in [-0.1, -0.05) is 6.07 Å². The Hall–Kier alpha value is -4.11. The number of halogens is 3. The average molecular weight is 476 g/mol. The summed E-state index contributed by atoms with van der Waals surface area (Å²) in [6, 6.07) is 14.0. The van der Waals surface area contributed by atoms with Crippen molar-refractivity contribution in [3.05, 3.63) is 71.9 Å². The normalized spacial score (nSPS) is 11.4. The van der Waals surface area contributed by atoms with Crippen LogP contribution in [0.25, 0.3) is 0 Å². The monoisotopic (exact) mass is 476 g/mol. The van der Waals surface area contributed by atoms with Gasteiger partial charge in [0.25, 0.3) is 10.0 Å². The molecule has 8 nitrogen and oxygen atoms in total. The predicted octanol–water partition coefficient (Wildman–Crippen LogP) is 4.52. The fourth-order valence-electron chi connectivity index (χ4n) is 2.63. The molecule has 0 aliphatic carbocycles. The zero-order chi connectivity index (χ0) is 24.2. The standard InChI is InChI=1S/C21H15F3N4O4S/c1-13(29)26-15-5-7-16(8-6-15)28-33(30,31)17-9-10-18(14(11-17)12-25)32-20-4-2-3-19(27-20)21(22,23)24/h2-11,28H,1H3,(H,26,29). The largest absolute Gasteiger partial charge is 0.438 e. The molecular weight excluding hydrogens is 461 g/mol. The van der Waals surface area contributed by atoms with E-state index in [1.54, 1.807) is 6.07 Å². The van der Waals surface area contributed by atoms with Gasteiger partial charge in [0.2, 0.25) is 11.8 Å². The molecule has 3 rings (SSSR count). The first-order chi connectivity index (χ1) is 15.5. The predicted molar refractivity (Wildman–Crippen MR) is 112 cm³/mol. The summed E-state index contributed by atoms with van der Waals surface area (Å²) in [7, 11) is -4.11. The van der Waals surface area contributed by atoms with Gasteiger partial charge in [-0.15, -0.1) is 0 Å². The number of aromatic nitrogens is 1. The van der Waals surface area contributed by atoms with Crippen molar-refractivity contribution in [3.63, 3.8) is 0 Å². The van der Waals surface area contributed by atoms with Crippen LogP contribution in [0.4, 0.5) is 24.5 Å². The third-order valence-electron chi connectivity index (χ3n) is 4.07. The average Bonchev–Trinajstić information content (AvgIpc) is 2.74. The van der Waals surface area contributed by atoms with E-state index in [4.69, 9.17) is 4.74 Å². The van der Waals surface area contributed by atoms with E-state index in [1.807, 2.05) is 0 Å². The van der Waals surface area contributed by atoms with Crippen LogP contribution < -0.4 is 14.8 Å². The Morgan fingerprint density at radius 3 is 2.33 bits per heavy atom. The zero-order valence-corrected chi connectivity index (χ0v) is 17.7. The SMILES string of the molecule is CC(=O)Nc1ccc(NS(=O)(=O)c2ccc(Oc3cccc(C(F)(F)F)n3)c(C#N)c2)cc1. The number of nitriles is 1. The second-order valence-corrected chi connectivity index (χ2v) is 8.28. The van der Waals surface area contributed by atoms with Gasteiger partial charge in [0.05, 0.1) is 10.5 Å². The van der Waals surface area contributed by atoms with Crippen molar-refractivity contribution in [1.29, 1.82) is 5.26 Å². The number of anilines is 2. The van der Waals surface area contributed by atoms with E-state index in [9.17, 15) is 31.6 Å². The number of ether oxygens (including phenoxy) is 1. The molecule has 0 saturated heterocycles. The number of carbonyl (C=O) groups is 1. The molecule has 1 aromatic heterocycles. The van der Waals surface area contributed by atoms with Crippen LogP contribution in [-0.4, -0.2) is 19.3 Å². The van der Waals surface area contributed by atoms with E-state index >= 15 is 0 Å². The highest BCUT2D eigenvalue weighted by atomic mass is 32.2. The third kappa shape index (κ3) is 5.98. The van der Waals surface area contributed by atoms with Crippen molar-refractivity contribution in [2.75, 3.05) is 10.0 Å². The van der Waals surface area contributed by atoms with Crippen LogP contribution in [0.15, 0.2) is 65.6 Å². The molecule has 0 radical (unpaired) electrons. The molecule has 1 heterocycles. The van der Waals surface area contributed by atoms with Gasteiger partial charge in [-0.05, 0) is 48.5 Å². The number of nitrogens with one attached hydrogen (secondary N) is 2. The van der Waals surface area contributed by atoms with Crippen LogP contribution >= 0.6 is 0 Å². The topological polar surface area (TPSA) is 121 Å². The van der Waals surface area contributed by atoms with Gasteiger partial charge >= 0.3 is 6.18 Å². The molecule has 1 amide bonds. The van der Waals surface area contributed by atoms with Crippen LogP contribution in [0.3, 0.4) is 0 Å². The summed E-state index contributed by atoms with van der Waals surface area (Å²) in [5, 5.41) is 11.9. The van der Waals surface area contributed by atoms with Crippen molar-refractivity contribution < 1.29 is 31.1 Å². The van der Waals surface area contributed by atoms with Crippen LogP contribution in [0, 0.1) is 11.3 Å². The second-order valence-electron chi connectivity index (χ2n) is 6.59. The molecular formula is C21H15F3N4O4S. The van der Waals surface area contributed by atoms with Crippen molar-refractivity contribution in [2.24, 2.45) is 0 Å². The minimum atomic E-state index is -4.68. The molecule has 2 aromatic carbocycles. The lowest BCUT2D eigenvalue weighted by atomic mass is 10.2. The number of alkyl halides is 3. The molecule has 3 aromatic rings. The Kier molecular flexibility index (Phi) is 6.55. The molecule has 12 heteroatoms. The summed E-state index contributed by atoms with van der Waals surface area (Å²) in [6.07, 6.45) is -4.68. The van der Waals surface area contributed by atoms with Gasteiger partial charge in [-0.2, -0.15) is 18.4 Å². The number of hydrogen-bond acceptors (Lipinski definition) is 6. The highest BCUT2D eigenvalue weighted by Crippen LogP contribution is 2.31. The molecule has 0 aliphatic heterocycles. The summed E-state index contributed by atoms with van der Waals surface area (Å²) in [5.74, 6) is -0.854. The Balaban J connectivity index is 1.83. The van der Waals surface area contributed by atoms with E-state index < -0.39 is 27.8 Å². The Morgan fingerprint density at radius 2 is 1.73 bits per heavy atom. The quantitative estimate of drug-likeness (QED) is 0.540. The van der Waals surface area contributed by atoms with Crippen molar-refractivity contribution in [1.82, 2.24) is 4.98 Å². The number of nitrogens with zero attached hydrogens (tertiary/aromatic N) is 2. The highest BCUT2D eigenvalue weighted by Gasteiger charge is 2.32. The van der Waals surface area contributed by atoms with Crippen molar-refractivity contribution >= 4 is 27.3 Å². The highest BCUT2D eigenvalue weighted by molar-refractivity contribution is 7.92. The molecule has 170 valence electrons. The van der Waals surface area contributed by atoms with E-state index in [0.717, 1.165) is 30.3 Å². The van der Waals surface area contributed by atoms with Gasteiger partial charge < -0.3 is 10.1 Å². The summed E-state index contributed by atoms with van der Waals surface area (Å²) < 4.78 is 71.5. The number of carbonyl (C=O) groups excluding carboxylic acids is 1. The number of benzene rings is 2. The lowest BCUT2D eigenvalue weighted by molar-refractivity contribution is -0.141. The number of hydrogen-bond donors (Lipinski definition) is 2. The second kappa shape index (κ2) is 9.17. The first-order valence-electron chi connectivity index (χ1n) is 9.15. The van der Waals surface area contributed by atoms with E-state index in [0.29, 0.717) is 5.69 Å². The molecule has 0 fully saturated rings. The third-order valence-corrected chi connectivity index (χ3v) is 5.45. The molecule has 33 heavy (non-hydrogen) atoms. The molecule has 0 atom stereocenters. The maximum atomic E-state index is 12.8. The number of amides is 1. The van der Waals surface area contributed by atoms with Gasteiger partial charge in [-0.3, -0.25) is 9.52 Å². The van der Waals surface area contributed by atoms with E-state index in [2.05, 4.69) is 15.0 Å². The number of pyridine rings is 1. The van der Waals surface area contributed by atoms with Crippen molar-refractivity contribution in [2.45, 2.75) is 18.0 Å². The maximum Gasteiger partial charge on any atom is 0.433 e. The van der Waals surface area contributed by atoms with E-state index in [1.165, 1.54) is 37.3 Å². The summed E-state index contributed by atoms with van der Waals surface area (Å²) in [4.78, 5) is 14.1. The van der Waals surface area contributed by atoms with Gasteiger partial charge in [-0.25, -0.2) is 13.4 Å². The lowest BCUT2D eigenvalue weighted by Crippen LogP contribution is -2.13. The molecule has 0 aliphatic rings. The maximum absolute atomic E-state index is 12.8. The smallest absolute Gasteiger partial charge is 0.433 e. The van der Waals surface area contributed by atoms with Crippen LogP contribution in [0.5, 0.6) is 11.6 Å². The molecule has 0 unspecified atom stereocenters. The first-order valence-corrected chi connectivity index (χ1v) is 10.6. The van der Waals surface area contributed by atoms with Crippen molar-refractivity contribution in [3.8, 4) is 17.7 Å². The molecule has 0 bridgehead atoms. The fourth-order valence-corrected chi connectivity index (χ4v) is 3.72. The van der Waals surface area contributed by atoms with Crippen LogP contribution in [-0.2, 0) is 21.0 Å². The van der Waals surface area contributed by atoms with Gasteiger partial charge in [0.1, 0.15) is 17.5 Å². The Labute approximate surface area is 186 Å². The van der Waals surface area contributed by atoms with Gasteiger partial charge in [0.15, 0.2) is 0 Å². The molecule has 0 spiro atoms. The summed E-state index contributed by atoms with van der Waals surface area (Å²) in [5.41, 5.74) is -0.720. The molecule has 2 N–H and O–H groups in total. The van der Waals surface area contributed by atoms with Crippen LogP contribution in [0.1, 0.15) is 18.2 Å². The van der Waals surface area contributed by atoms with E-state index in [-0.39, 0.29) is 27.8 Å². The number of sulfonamides is 1. The lowest BCUT2D eigenvalue weighted by Gasteiger charge is -2.12. The Morgan fingerprint density at radius 1 is 1.06 bits per heavy atom. The Bertz CT molecular complexity index is 1330. The minimum absolute atomic E-state index is 0.164. The summed E-state index contributed by atoms with van der Waals surface area (Å²) >= 11 is 0. The van der Waals surface area contributed by atoms with Gasteiger partial charge in [0, 0.05) is 24.4 Å². The fraction of sp³-hybridized carbons (Fsp3) is 0.0952. The van der Waals surface area contributed by atoms with Crippen LogP contribution in [0.2, 0.25) is 0 Å². The summed E-state index contributed by atoms with van der Waals surface area (Å²) in [6.45, 7) is 1.33. The first kappa shape index (κ1) is 23.6.